The van der Waals surface area contributed by atoms with Gasteiger partial charge in [0.2, 0.25) is 5.95 Å². The fourth-order valence-electron chi connectivity index (χ4n) is 5.22. The number of carbonyl (C=O) groups is 1. The lowest BCUT2D eigenvalue weighted by molar-refractivity contribution is -0.136. The Morgan fingerprint density at radius 2 is 1.76 bits per heavy atom. The Hall–Kier alpha value is -2.32. The number of anilines is 1. The van der Waals surface area contributed by atoms with Gasteiger partial charge < -0.3 is 14.5 Å². The summed E-state index contributed by atoms with van der Waals surface area (Å²) < 4.78 is 5.82. The number of amides is 1. The van der Waals surface area contributed by atoms with Crippen molar-refractivity contribution < 1.29 is 9.53 Å². The van der Waals surface area contributed by atoms with E-state index in [1.807, 2.05) is 17.3 Å². The molecule has 3 fully saturated rings. The lowest BCUT2D eigenvalue weighted by Gasteiger charge is -2.58. The minimum absolute atomic E-state index is 0.0729. The van der Waals surface area contributed by atoms with Crippen molar-refractivity contribution in [3.63, 3.8) is 0 Å². The molecule has 1 aromatic carbocycles. The zero-order valence-corrected chi connectivity index (χ0v) is 20.3. The van der Waals surface area contributed by atoms with Gasteiger partial charge in [0.25, 0.3) is 0 Å². The quantitative estimate of drug-likeness (QED) is 0.597. The number of rotatable bonds is 6. The molecule has 33 heavy (non-hydrogen) atoms. The monoisotopic (exact) mass is 467 g/mol. The molecule has 3 aliphatic rings. The Morgan fingerprint density at radius 1 is 1.09 bits per heavy atom. The SMILES string of the molecule is CC(C)Sc1cnc(N2CCN(C(=O)OC3CC4(C3)CN(Cc3ccccc3)C4)CC2)nc1. The lowest BCUT2D eigenvalue weighted by Crippen LogP contribution is -2.64. The van der Waals surface area contributed by atoms with Crippen molar-refractivity contribution >= 4 is 23.8 Å². The average Bonchev–Trinajstić information content (AvgIpc) is 2.77. The highest BCUT2D eigenvalue weighted by Crippen LogP contribution is 2.50. The molecular formula is C25H33N5O2S. The summed E-state index contributed by atoms with van der Waals surface area (Å²) in [7, 11) is 0. The van der Waals surface area contributed by atoms with E-state index in [2.05, 4.69) is 63.9 Å². The van der Waals surface area contributed by atoms with Crippen LogP contribution in [0.4, 0.5) is 10.7 Å². The van der Waals surface area contributed by atoms with Crippen molar-refractivity contribution in [2.24, 2.45) is 5.41 Å². The third kappa shape index (κ3) is 5.27. The zero-order valence-electron chi connectivity index (χ0n) is 19.5. The molecule has 2 aromatic rings. The molecule has 5 rings (SSSR count). The molecule has 1 spiro atoms. The molecule has 8 heteroatoms. The van der Waals surface area contributed by atoms with E-state index in [1.54, 1.807) is 11.8 Å². The van der Waals surface area contributed by atoms with E-state index in [9.17, 15) is 4.79 Å². The standard InChI is InChI=1S/C25H33N5O2S/c1-19(2)33-22-14-26-23(27-15-22)29-8-10-30(11-9-29)24(31)32-21-12-25(13-21)17-28(18-25)16-20-6-4-3-5-7-20/h3-7,14-15,19,21H,8-13,16-18H2,1-2H3. The van der Waals surface area contributed by atoms with Crippen LogP contribution >= 0.6 is 11.8 Å². The molecule has 1 saturated carbocycles. The molecule has 0 unspecified atom stereocenters. The first kappa shape index (κ1) is 22.5. The van der Waals surface area contributed by atoms with Gasteiger partial charge >= 0.3 is 6.09 Å². The third-order valence-electron chi connectivity index (χ3n) is 6.76. The molecule has 0 atom stereocenters. The Kier molecular flexibility index (Phi) is 6.47. The van der Waals surface area contributed by atoms with Gasteiger partial charge in [0.05, 0.1) is 0 Å². The Bertz CT molecular complexity index is 933. The zero-order chi connectivity index (χ0) is 22.8. The second kappa shape index (κ2) is 9.50. The molecule has 0 bridgehead atoms. The van der Waals surface area contributed by atoms with E-state index in [0.29, 0.717) is 23.8 Å². The minimum Gasteiger partial charge on any atom is -0.446 e. The predicted octanol–water partition coefficient (Wildman–Crippen LogP) is 3.90. The summed E-state index contributed by atoms with van der Waals surface area (Å²) in [5.74, 6) is 0.738. The predicted molar refractivity (Wildman–Crippen MR) is 130 cm³/mol. The van der Waals surface area contributed by atoms with Crippen molar-refractivity contribution in [2.45, 2.75) is 49.5 Å². The number of carbonyl (C=O) groups excluding carboxylic acids is 1. The number of likely N-dealkylation sites (tertiary alicyclic amines) is 1. The van der Waals surface area contributed by atoms with Crippen LogP contribution in [-0.4, -0.2) is 76.5 Å². The summed E-state index contributed by atoms with van der Waals surface area (Å²) in [6.07, 6.45) is 5.68. The van der Waals surface area contributed by atoms with Crippen molar-refractivity contribution in [1.29, 1.82) is 0 Å². The highest BCUT2D eigenvalue weighted by molar-refractivity contribution is 7.99. The van der Waals surface area contributed by atoms with Crippen LogP contribution in [0.3, 0.4) is 0 Å². The van der Waals surface area contributed by atoms with Gasteiger partial charge in [-0.1, -0.05) is 44.2 Å². The van der Waals surface area contributed by atoms with Crippen LogP contribution in [0, 0.1) is 5.41 Å². The first-order valence-corrected chi connectivity index (χ1v) is 12.8. The van der Waals surface area contributed by atoms with Gasteiger partial charge in [-0.25, -0.2) is 14.8 Å². The summed E-state index contributed by atoms with van der Waals surface area (Å²) in [5.41, 5.74) is 1.74. The smallest absolute Gasteiger partial charge is 0.410 e. The second-order valence-electron chi connectivity index (χ2n) is 9.90. The van der Waals surface area contributed by atoms with Crippen LogP contribution in [0.15, 0.2) is 47.6 Å². The number of piperazine rings is 1. The van der Waals surface area contributed by atoms with E-state index < -0.39 is 0 Å². The van der Waals surface area contributed by atoms with Crippen LogP contribution in [0.5, 0.6) is 0 Å². The molecule has 176 valence electrons. The molecule has 0 radical (unpaired) electrons. The molecule has 1 amide bonds. The molecule has 1 aliphatic carbocycles. The van der Waals surface area contributed by atoms with E-state index in [-0.39, 0.29) is 12.2 Å². The van der Waals surface area contributed by atoms with E-state index in [0.717, 1.165) is 56.4 Å². The summed E-state index contributed by atoms with van der Waals surface area (Å²) in [4.78, 5) is 29.2. The van der Waals surface area contributed by atoms with Crippen molar-refractivity contribution in [3.05, 3.63) is 48.3 Å². The molecular weight excluding hydrogens is 434 g/mol. The van der Waals surface area contributed by atoms with Gasteiger partial charge in [-0.3, -0.25) is 4.90 Å². The van der Waals surface area contributed by atoms with Crippen molar-refractivity contribution in [2.75, 3.05) is 44.2 Å². The normalized spacial score (nSPS) is 20.6. The number of benzene rings is 1. The number of nitrogens with zero attached hydrogens (tertiary/aromatic N) is 5. The number of hydrogen-bond donors (Lipinski definition) is 0. The minimum atomic E-state index is -0.167. The highest BCUT2D eigenvalue weighted by Gasteiger charge is 2.53. The van der Waals surface area contributed by atoms with Gasteiger partial charge in [0.15, 0.2) is 0 Å². The van der Waals surface area contributed by atoms with Gasteiger partial charge in [0, 0.05) is 73.8 Å². The molecule has 2 aliphatic heterocycles. The fraction of sp³-hybridized carbons (Fsp3) is 0.560. The number of hydrogen-bond acceptors (Lipinski definition) is 7. The first-order chi connectivity index (χ1) is 16.0. The van der Waals surface area contributed by atoms with Crippen LogP contribution < -0.4 is 4.90 Å². The number of ether oxygens (including phenoxy) is 1. The molecule has 2 saturated heterocycles. The maximum Gasteiger partial charge on any atom is 0.410 e. The molecule has 7 nitrogen and oxygen atoms in total. The largest absolute Gasteiger partial charge is 0.446 e. The third-order valence-corrected chi connectivity index (χ3v) is 7.72. The summed E-state index contributed by atoms with van der Waals surface area (Å²) in [6, 6.07) is 10.6. The molecule has 1 aromatic heterocycles. The summed E-state index contributed by atoms with van der Waals surface area (Å²) >= 11 is 1.76. The van der Waals surface area contributed by atoms with Crippen LogP contribution in [0.2, 0.25) is 0 Å². The van der Waals surface area contributed by atoms with Gasteiger partial charge in [-0.2, -0.15) is 0 Å². The average molecular weight is 468 g/mol. The van der Waals surface area contributed by atoms with E-state index >= 15 is 0 Å². The fourth-order valence-corrected chi connectivity index (χ4v) is 5.99. The first-order valence-electron chi connectivity index (χ1n) is 11.9. The van der Waals surface area contributed by atoms with Gasteiger partial charge in [0.1, 0.15) is 6.10 Å². The summed E-state index contributed by atoms with van der Waals surface area (Å²) in [6.45, 7) is 10.3. The lowest BCUT2D eigenvalue weighted by atomic mass is 9.61. The van der Waals surface area contributed by atoms with E-state index in [1.165, 1.54) is 5.56 Å². The van der Waals surface area contributed by atoms with Crippen LogP contribution in [0.25, 0.3) is 0 Å². The van der Waals surface area contributed by atoms with Gasteiger partial charge in [-0.05, 0) is 18.4 Å². The molecule has 3 heterocycles. The Labute approximate surface area is 200 Å². The Morgan fingerprint density at radius 3 is 2.39 bits per heavy atom. The Balaban J connectivity index is 1.01. The second-order valence-corrected chi connectivity index (χ2v) is 11.6. The summed E-state index contributed by atoms with van der Waals surface area (Å²) in [5, 5.41) is 0.511. The van der Waals surface area contributed by atoms with Crippen LogP contribution in [0.1, 0.15) is 32.3 Å². The highest BCUT2D eigenvalue weighted by atomic mass is 32.2. The number of thioether (sulfide) groups is 1. The van der Waals surface area contributed by atoms with Crippen molar-refractivity contribution in [1.82, 2.24) is 19.8 Å². The van der Waals surface area contributed by atoms with E-state index in [4.69, 9.17) is 4.74 Å². The van der Waals surface area contributed by atoms with Gasteiger partial charge in [-0.15, -0.1) is 11.8 Å². The van der Waals surface area contributed by atoms with Crippen LogP contribution in [-0.2, 0) is 11.3 Å². The number of aromatic nitrogens is 2. The topological polar surface area (TPSA) is 61.8 Å². The van der Waals surface area contributed by atoms with Crippen molar-refractivity contribution in [3.8, 4) is 0 Å². The maximum atomic E-state index is 12.7. The molecule has 0 N–H and O–H groups in total. The maximum absolute atomic E-state index is 12.7.